The second-order valence-electron chi connectivity index (χ2n) is 3.20. The van der Waals surface area contributed by atoms with Gasteiger partial charge in [0.15, 0.2) is 0 Å². The molecule has 0 amide bonds. The summed E-state index contributed by atoms with van der Waals surface area (Å²) in [5.41, 5.74) is 4.41. The summed E-state index contributed by atoms with van der Waals surface area (Å²) in [6.07, 6.45) is 0.849. The minimum Gasteiger partial charge on any atom is -0.399 e. The van der Waals surface area contributed by atoms with Gasteiger partial charge in [-0.3, -0.25) is 0 Å². The standard InChI is InChI=1S/C9H9F2N.ClH/c10-8-5-6(12)1-2-7(8)9(11)3-4-9;/h1-2,5H,3-4,12H2;1H. The van der Waals surface area contributed by atoms with E-state index in [0.717, 1.165) is 6.07 Å². The summed E-state index contributed by atoms with van der Waals surface area (Å²) in [6.45, 7) is 0. The molecule has 4 heteroatoms. The first-order valence-corrected chi connectivity index (χ1v) is 3.86. The minimum atomic E-state index is -1.40. The Morgan fingerprint density at radius 3 is 2.38 bits per heavy atom. The SMILES string of the molecule is Cl.Nc1ccc(C2(F)CC2)c(F)c1. The number of rotatable bonds is 1. The highest BCUT2D eigenvalue weighted by Crippen LogP contribution is 2.50. The van der Waals surface area contributed by atoms with Crippen molar-refractivity contribution in [2.24, 2.45) is 0 Å². The van der Waals surface area contributed by atoms with Crippen LogP contribution in [0, 0.1) is 5.82 Å². The summed E-state index contributed by atoms with van der Waals surface area (Å²) in [6, 6.07) is 4.12. The number of hydrogen-bond acceptors (Lipinski definition) is 1. The lowest BCUT2D eigenvalue weighted by Gasteiger charge is -2.06. The number of nitrogens with two attached hydrogens (primary N) is 1. The molecule has 1 fully saturated rings. The van der Waals surface area contributed by atoms with Crippen molar-refractivity contribution in [3.8, 4) is 0 Å². The fourth-order valence-corrected chi connectivity index (χ4v) is 1.27. The molecule has 2 rings (SSSR count). The molecule has 0 aliphatic heterocycles. The van der Waals surface area contributed by atoms with Crippen molar-refractivity contribution in [2.75, 3.05) is 5.73 Å². The van der Waals surface area contributed by atoms with Crippen LogP contribution in [-0.4, -0.2) is 0 Å². The summed E-state index contributed by atoms with van der Waals surface area (Å²) < 4.78 is 26.4. The third kappa shape index (κ3) is 1.75. The van der Waals surface area contributed by atoms with Gasteiger partial charge in [0.05, 0.1) is 0 Å². The number of anilines is 1. The first-order chi connectivity index (χ1) is 5.62. The maximum Gasteiger partial charge on any atom is 0.139 e. The van der Waals surface area contributed by atoms with Gasteiger partial charge >= 0.3 is 0 Å². The van der Waals surface area contributed by atoms with Crippen molar-refractivity contribution in [3.05, 3.63) is 29.6 Å². The monoisotopic (exact) mass is 205 g/mol. The van der Waals surface area contributed by atoms with Crippen LogP contribution in [0.4, 0.5) is 14.5 Å². The van der Waals surface area contributed by atoms with Gasteiger partial charge in [-0.05, 0) is 25.0 Å². The first kappa shape index (κ1) is 10.3. The molecule has 13 heavy (non-hydrogen) atoms. The highest BCUT2D eigenvalue weighted by Gasteiger charge is 2.46. The summed E-state index contributed by atoms with van der Waals surface area (Å²) in [4.78, 5) is 0. The van der Waals surface area contributed by atoms with Crippen LogP contribution in [0.1, 0.15) is 18.4 Å². The van der Waals surface area contributed by atoms with Crippen molar-refractivity contribution < 1.29 is 8.78 Å². The van der Waals surface area contributed by atoms with Crippen LogP contribution in [0.5, 0.6) is 0 Å². The maximum atomic E-state index is 13.3. The van der Waals surface area contributed by atoms with E-state index in [0.29, 0.717) is 18.5 Å². The molecular formula is C9H10ClF2N. The third-order valence-corrected chi connectivity index (χ3v) is 2.16. The Bertz CT molecular complexity index is 323. The summed E-state index contributed by atoms with van der Waals surface area (Å²) >= 11 is 0. The molecule has 0 unspecified atom stereocenters. The summed E-state index contributed by atoms with van der Waals surface area (Å²) in [7, 11) is 0. The van der Waals surface area contributed by atoms with Crippen molar-refractivity contribution >= 4 is 18.1 Å². The Labute approximate surface area is 81.3 Å². The molecule has 0 saturated heterocycles. The molecule has 1 aliphatic rings. The van der Waals surface area contributed by atoms with E-state index in [2.05, 4.69) is 0 Å². The maximum absolute atomic E-state index is 13.3. The Hall–Kier alpha value is -0.830. The van der Waals surface area contributed by atoms with Crippen LogP contribution >= 0.6 is 12.4 Å². The predicted molar refractivity (Wildman–Crippen MR) is 50.1 cm³/mol. The number of benzene rings is 1. The minimum absolute atomic E-state index is 0. The van der Waals surface area contributed by atoms with Gasteiger partial charge in [-0.2, -0.15) is 0 Å². The van der Waals surface area contributed by atoms with E-state index >= 15 is 0 Å². The Balaban J connectivity index is 0.000000845. The molecule has 0 heterocycles. The first-order valence-electron chi connectivity index (χ1n) is 3.86. The average molecular weight is 206 g/mol. The summed E-state index contributed by atoms with van der Waals surface area (Å²) in [5.74, 6) is -0.532. The van der Waals surface area contributed by atoms with E-state index < -0.39 is 11.5 Å². The van der Waals surface area contributed by atoms with Gasteiger partial charge in [0.1, 0.15) is 11.5 Å². The molecule has 0 atom stereocenters. The molecule has 1 aromatic carbocycles. The third-order valence-electron chi connectivity index (χ3n) is 2.16. The number of hydrogen-bond donors (Lipinski definition) is 1. The lowest BCUT2D eigenvalue weighted by molar-refractivity contribution is 0.307. The van der Waals surface area contributed by atoms with Crippen LogP contribution in [0.3, 0.4) is 0 Å². The van der Waals surface area contributed by atoms with Gasteiger partial charge in [-0.15, -0.1) is 12.4 Å². The van der Waals surface area contributed by atoms with E-state index in [1.807, 2.05) is 0 Å². The largest absolute Gasteiger partial charge is 0.399 e. The topological polar surface area (TPSA) is 26.0 Å². The molecule has 0 spiro atoms. The molecule has 1 nitrogen and oxygen atoms in total. The van der Waals surface area contributed by atoms with E-state index in [4.69, 9.17) is 5.73 Å². The van der Waals surface area contributed by atoms with Crippen molar-refractivity contribution in [1.82, 2.24) is 0 Å². The molecule has 0 radical (unpaired) electrons. The molecular weight excluding hydrogens is 196 g/mol. The van der Waals surface area contributed by atoms with Gasteiger partial charge in [0.25, 0.3) is 0 Å². The highest BCUT2D eigenvalue weighted by molar-refractivity contribution is 5.85. The van der Waals surface area contributed by atoms with Crippen LogP contribution in [0.15, 0.2) is 18.2 Å². The van der Waals surface area contributed by atoms with E-state index in [1.54, 1.807) is 0 Å². The average Bonchev–Trinajstić information content (AvgIpc) is 2.68. The van der Waals surface area contributed by atoms with Crippen LogP contribution in [-0.2, 0) is 5.67 Å². The predicted octanol–water partition coefficient (Wildman–Crippen LogP) is 2.79. The molecule has 1 saturated carbocycles. The Kier molecular flexibility index (Phi) is 2.48. The number of halogens is 3. The van der Waals surface area contributed by atoms with Gasteiger partial charge in [0.2, 0.25) is 0 Å². The van der Waals surface area contributed by atoms with Crippen molar-refractivity contribution in [2.45, 2.75) is 18.5 Å². The summed E-state index contributed by atoms with van der Waals surface area (Å²) in [5, 5.41) is 0. The Morgan fingerprint density at radius 1 is 1.31 bits per heavy atom. The smallest absolute Gasteiger partial charge is 0.139 e. The molecule has 1 aliphatic carbocycles. The van der Waals surface area contributed by atoms with E-state index in [-0.39, 0.29) is 18.0 Å². The van der Waals surface area contributed by atoms with Gasteiger partial charge in [-0.25, -0.2) is 8.78 Å². The fourth-order valence-electron chi connectivity index (χ4n) is 1.27. The lowest BCUT2D eigenvalue weighted by Crippen LogP contribution is -2.02. The molecule has 2 N–H and O–H groups in total. The van der Waals surface area contributed by atoms with Crippen LogP contribution < -0.4 is 5.73 Å². The van der Waals surface area contributed by atoms with Crippen LogP contribution in [0.25, 0.3) is 0 Å². The molecule has 1 aromatic rings. The van der Waals surface area contributed by atoms with Crippen molar-refractivity contribution in [3.63, 3.8) is 0 Å². The zero-order valence-electron chi connectivity index (χ0n) is 6.89. The quantitative estimate of drug-likeness (QED) is 0.701. The number of alkyl halides is 1. The normalized spacial score (nSPS) is 17.7. The molecule has 0 bridgehead atoms. The van der Waals surface area contributed by atoms with Crippen molar-refractivity contribution in [1.29, 1.82) is 0 Å². The van der Waals surface area contributed by atoms with E-state index in [1.165, 1.54) is 12.1 Å². The van der Waals surface area contributed by atoms with E-state index in [9.17, 15) is 8.78 Å². The fraction of sp³-hybridized carbons (Fsp3) is 0.333. The van der Waals surface area contributed by atoms with Gasteiger partial charge in [-0.1, -0.05) is 6.07 Å². The second kappa shape index (κ2) is 3.14. The van der Waals surface area contributed by atoms with Gasteiger partial charge in [0, 0.05) is 11.3 Å². The lowest BCUT2D eigenvalue weighted by atomic mass is 10.1. The molecule has 0 aromatic heterocycles. The highest BCUT2D eigenvalue weighted by atomic mass is 35.5. The number of nitrogen functional groups attached to an aromatic ring is 1. The zero-order valence-corrected chi connectivity index (χ0v) is 7.70. The Morgan fingerprint density at radius 2 is 1.92 bits per heavy atom. The second-order valence-corrected chi connectivity index (χ2v) is 3.20. The zero-order chi connectivity index (χ0) is 8.77. The molecule has 72 valence electrons. The van der Waals surface area contributed by atoms with Crippen LogP contribution in [0.2, 0.25) is 0 Å². The van der Waals surface area contributed by atoms with Gasteiger partial charge < -0.3 is 5.73 Å².